The minimum atomic E-state index is -4.61. The molecule has 11 nitrogen and oxygen atoms in total. The number of hydrogen-bond donors (Lipinski definition) is 4. The number of hydrazine groups is 1. The van der Waals surface area contributed by atoms with E-state index in [4.69, 9.17) is 0 Å². The summed E-state index contributed by atoms with van der Waals surface area (Å²) in [6.07, 6.45) is -1.78. The molecule has 1 aliphatic heterocycles. The van der Waals surface area contributed by atoms with Gasteiger partial charge in [0.15, 0.2) is 5.65 Å². The molecule has 0 saturated carbocycles. The number of aromatic amines is 1. The fourth-order valence-electron chi connectivity index (χ4n) is 4.73. The van der Waals surface area contributed by atoms with Crippen LogP contribution in [0.3, 0.4) is 0 Å². The molecule has 1 aliphatic rings. The van der Waals surface area contributed by atoms with Gasteiger partial charge in [-0.2, -0.15) is 18.3 Å². The van der Waals surface area contributed by atoms with E-state index in [1.54, 1.807) is 13.0 Å². The van der Waals surface area contributed by atoms with Gasteiger partial charge in [0.1, 0.15) is 0 Å². The zero-order valence-corrected chi connectivity index (χ0v) is 23.4. The van der Waals surface area contributed by atoms with E-state index in [-0.39, 0.29) is 34.5 Å². The number of aryl methyl sites for hydroxylation is 1. The number of piperazine rings is 1. The third-order valence-corrected chi connectivity index (χ3v) is 7.25. The lowest BCUT2D eigenvalue weighted by molar-refractivity contribution is -0.138. The summed E-state index contributed by atoms with van der Waals surface area (Å²) in [7, 11) is 1.97. The number of rotatable bonds is 6. The van der Waals surface area contributed by atoms with Gasteiger partial charge in [0.25, 0.3) is 17.7 Å². The Balaban J connectivity index is 1.26. The number of nitrogens with zero attached hydrogens (tertiary/aromatic N) is 4. The number of benzene rings is 2. The molecule has 2 aromatic heterocycles. The Kier molecular flexibility index (Phi) is 8.41. The molecular formula is C29H29F3N8O3. The van der Waals surface area contributed by atoms with Crippen LogP contribution in [0.2, 0.25) is 0 Å². The number of aromatic nitrogens is 3. The first-order valence-corrected chi connectivity index (χ1v) is 13.4. The van der Waals surface area contributed by atoms with Crippen LogP contribution >= 0.6 is 0 Å². The van der Waals surface area contributed by atoms with Gasteiger partial charge in [-0.25, -0.2) is 4.98 Å². The van der Waals surface area contributed by atoms with Crippen molar-refractivity contribution in [2.45, 2.75) is 19.6 Å². The van der Waals surface area contributed by atoms with E-state index in [0.717, 1.165) is 19.2 Å². The maximum absolute atomic E-state index is 14.0. The molecule has 0 spiro atoms. The van der Waals surface area contributed by atoms with E-state index in [2.05, 4.69) is 36.2 Å². The van der Waals surface area contributed by atoms with E-state index in [0.29, 0.717) is 29.7 Å². The smallest absolute Gasteiger partial charge is 0.322 e. The third-order valence-electron chi connectivity index (χ3n) is 7.25. The molecule has 43 heavy (non-hydrogen) atoms. The molecule has 2 aromatic carbocycles. The van der Waals surface area contributed by atoms with Gasteiger partial charge in [-0.3, -0.25) is 35.2 Å². The maximum atomic E-state index is 14.0. The summed E-state index contributed by atoms with van der Waals surface area (Å²) in [5.41, 5.74) is 5.25. The number of carbonyl (C=O) groups is 3. The van der Waals surface area contributed by atoms with Crippen LogP contribution in [0.1, 0.15) is 47.8 Å². The second-order valence-electron chi connectivity index (χ2n) is 10.4. The molecule has 5 rings (SSSR count). The number of pyridine rings is 1. The summed E-state index contributed by atoms with van der Waals surface area (Å²) in [5, 5.41) is 9.63. The first-order chi connectivity index (χ1) is 20.5. The average molecular weight is 595 g/mol. The summed E-state index contributed by atoms with van der Waals surface area (Å²) >= 11 is 0. The second-order valence-corrected chi connectivity index (χ2v) is 10.4. The minimum absolute atomic E-state index is 0.0264. The largest absolute Gasteiger partial charge is 0.416 e. The topological polar surface area (TPSA) is 135 Å². The van der Waals surface area contributed by atoms with Crippen LogP contribution in [0.15, 0.2) is 54.9 Å². The highest BCUT2D eigenvalue weighted by Crippen LogP contribution is 2.34. The molecule has 0 radical (unpaired) electrons. The maximum Gasteiger partial charge on any atom is 0.416 e. The number of fused-ring (bicyclic) bond motifs is 1. The zero-order chi connectivity index (χ0) is 30.7. The number of carbonyl (C=O) groups excluding carboxylic acids is 3. The molecule has 14 heteroatoms. The van der Waals surface area contributed by atoms with Crippen LogP contribution in [-0.4, -0.2) is 75.9 Å². The van der Waals surface area contributed by atoms with Gasteiger partial charge in [0, 0.05) is 61.1 Å². The molecule has 3 heterocycles. The Labute approximate surface area is 244 Å². The van der Waals surface area contributed by atoms with Crippen molar-refractivity contribution < 1.29 is 27.6 Å². The second kappa shape index (κ2) is 12.2. The Morgan fingerprint density at radius 3 is 2.40 bits per heavy atom. The highest BCUT2D eigenvalue weighted by atomic mass is 19.4. The monoisotopic (exact) mass is 594 g/mol. The molecule has 0 aliphatic carbocycles. The molecule has 0 atom stereocenters. The van der Waals surface area contributed by atoms with Crippen molar-refractivity contribution in [1.29, 1.82) is 0 Å². The number of anilines is 1. The molecular weight excluding hydrogens is 565 g/mol. The van der Waals surface area contributed by atoms with Crippen LogP contribution < -0.4 is 16.2 Å². The summed E-state index contributed by atoms with van der Waals surface area (Å²) in [6, 6.07) is 9.58. The van der Waals surface area contributed by atoms with Crippen LogP contribution in [0, 0.1) is 6.92 Å². The van der Waals surface area contributed by atoms with Crippen molar-refractivity contribution in [2.24, 2.45) is 0 Å². The lowest BCUT2D eigenvalue weighted by atomic mass is 10.0. The normalized spacial score (nSPS) is 14.4. The Bertz CT molecular complexity index is 1680. The van der Waals surface area contributed by atoms with Crippen molar-refractivity contribution in [2.75, 3.05) is 38.5 Å². The number of amides is 3. The average Bonchev–Trinajstić information content (AvgIpc) is 3.45. The summed E-state index contributed by atoms with van der Waals surface area (Å²) in [4.78, 5) is 46.5. The van der Waals surface area contributed by atoms with E-state index >= 15 is 0 Å². The van der Waals surface area contributed by atoms with E-state index in [1.165, 1.54) is 42.7 Å². The highest BCUT2D eigenvalue weighted by Gasteiger charge is 2.34. The molecule has 1 saturated heterocycles. The molecule has 3 amide bonds. The number of likely N-dealkylation sites (N-methyl/N-ethyl adjacent to an activating group) is 1. The van der Waals surface area contributed by atoms with Gasteiger partial charge >= 0.3 is 6.18 Å². The molecule has 0 bridgehead atoms. The summed E-state index contributed by atoms with van der Waals surface area (Å²) < 4.78 is 41.9. The van der Waals surface area contributed by atoms with Crippen molar-refractivity contribution in [3.05, 3.63) is 88.2 Å². The standard InChI is InChI=1S/C29H29F3N8O3/c1-17-3-4-18(12-23(17)28(43)38-37-27(42)21-11-20-15-34-36-25(20)33-14-21)26(41)35-22-6-5-19(24(13-22)29(30,31)32)16-40-9-7-39(2)8-10-40/h3-6,11-15H,7-10,16H2,1-2H3,(H,35,41)(H,37,42)(H,38,43)(H,33,34,36). The zero-order valence-electron chi connectivity index (χ0n) is 23.4. The molecule has 224 valence electrons. The van der Waals surface area contributed by atoms with Crippen LogP contribution in [0.4, 0.5) is 18.9 Å². The fourth-order valence-corrected chi connectivity index (χ4v) is 4.73. The molecule has 4 N–H and O–H groups in total. The van der Waals surface area contributed by atoms with Crippen LogP contribution in [-0.2, 0) is 12.7 Å². The van der Waals surface area contributed by atoms with E-state index in [9.17, 15) is 27.6 Å². The molecule has 4 aromatic rings. The highest BCUT2D eigenvalue weighted by molar-refractivity contribution is 6.07. The lowest BCUT2D eigenvalue weighted by Crippen LogP contribution is -2.44. The van der Waals surface area contributed by atoms with E-state index in [1.807, 2.05) is 11.9 Å². The van der Waals surface area contributed by atoms with Gasteiger partial charge in [0.2, 0.25) is 0 Å². The van der Waals surface area contributed by atoms with Gasteiger partial charge in [-0.15, -0.1) is 0 Å². The first kappa shape index (κ1) is 29.7. The Morgan fingerprint density at radius 1 is 0.907 bits per heavy atom. The lowest BCUT2D eigenvalue weighted by Gasteiger charge is -2.33. The van der Waals surface area contributed by atoms with Crippen molar-refractivity contribution >= 4 is 34.4 Å². The fraction of sp³-hybridized carbons (Fsp3) is 0.276. The summed E-state index contributed by atoms with van der Waals surface area (Å²) in [5.74, 6) is -2.00. The van der Waals surface area contributed by atoms with Gasteiger partial charge in [-0.05, 0) is 55.4 Å². The number of halogens is 3. The van der Waals surface area contributed by atoms with Crippen LogP contribution in [0.5, 0.6) is 0 Å². The van der Waals surface area contributed by atoms with Gasteiger partial charge in [-0.1, -0.05) is 12.1 Å². The first-order valence-electron chi connectivity index (χ1n) is 13.4. The number of hydrogen-bond acceptors (Lipinski definition) is 7. The quantitative estimate of drug-likeness (QED) is 0.252. The van der Waals surface area contributed by atoms with Crippen molar-refractivity contribution in [3.63, 3.8) is 0 Å². The summed E-state index contributed by atoms with van der Waals surface area (Å²) in [6.45, 7) is 4.67. The third kappa shape index (κ3) is 6.98. The Hall–Kier alpha value is -4.82. The van der Waals surface area contributed by atoms with E-state index < -0.39 is 29.5 Å². The Morgan fingerprint density at radius 2 is 1.65 bits per heavy atom. The number of nitrogens with one attached hydrogen (secondary N) is 4. The van der Waals surface area contributed by atoms with Crippen molar-refractivity contribution in [1.82, 2.24) is 35.8 Å². The molecule has 0 unspecified atom stereocenters. The van der Waals surface area contributed by atoms with Gasteiger partial charge in [0.05, 0.1) is 17.3 Å². The van der Waals surface area contributed by atoms with Crippen LogP contribution in [0.25, 0.3) is 11.0 Å². The minimum Gasteiger partial charge on any atom is -0.322 e. The van der Waals surface area contributed by atoms with Crippen molar-refractivity contribution in [3.8, 4) is 0 Å². The molecule has 1 fully saturated rings. The van der Waals surface area contributed by atoms with Gasteiger partial charge < -0.3 is 10.2 Å². The predicted molar refractivity (Wildman–Crippen MR) is 152 cm³/mol. The SMILES string of the molecule is Cc1ccc(C(=O)Nc2ccc(CN3CCN(C)CC3)c(C(F)(F)F)c2)cc1C(=O)NNC(=O)c1cnc2[nH]ncc2c1. The number of H-pyrrole nitrogens is 1. The predicted octanol–water partition coefficient (Wildman–Crippen LogP) is 3.36. The number of alkyl halides is 3.